The number of rotatable bonds is 1. The molecule has 0 aromatic carbocycles. The first-order valence-corrected chi connectivity index (χ1v) is 2.01. The molecule has 0 saturated carbocycles. The summed E-state index contributed by atoms with van der Waals surface area (Å²) in [4.78, 5) is 0. The molecule has 35 valence electrons. The summed E-state index contributed by atoms with van der Waals surface area (Å²) in [5, 5.41) is 7.87. The van der Waals surface area contributed by atoms with Crippen LogP contribution in [-0.2, 0) is 0 Å². The average Bonchev–Trinajstić information content (AvgIpc) is 1.69. The molecule has 0 bridgehead atoms. The van der Waals surface area contributed by atoms with Crippen LogP contribution >= 0.6 is 0 Å². The Bertz CT molecular complexity index is 115. The van der Waals surface area contributed by atoms with Crippen LogP contribution < -0.4 is 0 Å². The van der Waals surface area contributed by atoms with E-state index in [-0.39, 0.29) is 0 Å². The molecule has 0 aliphatic rings. The summed E-state index contributed by atoms with van der Waals surface area (Å²) in [6.45, 7) is 1.88. The molecule has 0 saturated heterocycles. The summed E-state index contributed by atoms with van der Waals surface area (Å²) in [6, 6.07) is 1.75. The van der Waals surface area contributed by atoms with Gasteiger partial charge in [0.05, 0.1) is 6.08 Å². The van der Waals surface area contributed by atoms with Crippen molar-refractivity contribution in [2.45, 2.75) is 6.92 Å². The van der Waals surface area contributed by atoms with E-state index in [0.29, 0.717) is 0 Å². The van der Waals surface area contributed by atoms with Crippen molar-refractivity contribution in [3.63, 3.8) is 0 Å². The van der Waals surface area contributed by atoms with Crippen LogP contribution in [0.4, 0.5) is 0 Å². The van der Waals surface area contributed by atoms with E-state index in [1.807, 2.05) is 13.0 Å². The molecule has 0 unspecified atom stereocenters. The molecule has 0 rings (SSSR count). The van der Waals surface area contributed by atoms with Crippen molar-refractivity contribution in [3.05, 3.63) is 24.3 Å². The van der Waals surface area contributed by atoms with Gasteiger partial charge in [0.1, 0.15) is 6.07 Å². The SMILES string of the molecule is C/C=C/C=[C]\C#N. The zero-order chi connectivity index (χ0) is 5.54. The molecule has 0 fully saturated rings. The van der Waals surface area contributed by atoms with Crippen LogP contribution in [0, 0.1) is 17.4 Å². The third-order valence-electron chi connectivity index (χ3n) is 0.437. The quantitative estimate of drug-likeness (QED) is 0.354. The van der Waals surface area contributed by atoms with Crippen LogP contribution in [0.25, 0.3) is 0 Å². The zero-order valence-corrected chi connectivity index (χ0v) is 4.18. The van der Waals surface area contributed by atoms with Crippen molar-refractivity contribution in [3.8, 4) is 6.07 Å². The van der Waals surface area contributed by atoms with Crippen molar-refractivity contribution < 1.29 is 0 Å². The van der Waals surface area contributed by atoms with Gasteiger partial charge in [-0.25, -0.2) is 0 Å². The van der Waals surface area contributed by atoms with Gasteiger partial charge in [0.2, 0.25) is 0 Å². The zero-order valence-electron chi connectivity index (χ0n) is 4.18. The van der Waals surface area contributed by atoms with E-state index in [2.05, 4.69) is 6.08 Å². The number of nitriles is 1. The van der Waals surface area contributed by atoms with Crippen molar-refractivity contribution >= 4 is 0 Å². The molecular weight excluding hydrogens is 86.1 g/mol. The highest BCUT2D eigenvalue weighted by Crippen LogP contribution is 1.70. The molecule has 1 radical (unpaired) electrons. The first-order chi connectivity index (χ1) is 3.41. The number of nitrogens with zero attached hydrogens (tertiary/aromatic N) is 1. The second-order valence-electron chi connectivity index (χ2n) is 0.949. The maximum absolute atomic E-state index is 7.87. The predicted molar refractivity (Wildman–Crippen MR) is 28.2 cm³/mol. The van der Waals surface area contributed by atoms with Crippen LogP contribution in [0.3, 0.4) is 0 Å². The summed E-state index contributed by atoms with van der Waals surface area (Å²) in [7, 11) is 0. The minimum absolute atomic E-state index is 1.57. The molecule has 0 atom stereocenters. The molecular formula is C6H6N. The van der Waals surface area contributed by atoms with E-state index >= 15 is 0 Å². The Morgan fingerprint density at radius 3 is 2.71 bits per heavy atom. The number of hydrogen-bond donors (Lipinski definition) is 0. The van der Waals surface area contributed by atoms with E-state index in [9.17, 15) is 0 Å². The van der Waals surface area contributed by atoms with Gasteiger partial charge in [0, 0.05) is 0 Å². The van der Waals surface area contributed by atoms with Gasteiger partial charge >= 0.3 is 0 Å². The summed E-state index contributed by atoms with van der Waals surface area (Å²) >= 11 is 0. The maximum Gasteiger partial charge on any atom is 0.101 e. The molecule has 0 aromatic heterocycles. The lowest BCUT2D eigenvalue weighted by atomic mass is 10.5. The van der Waals surface area contributed by atoms with Crippen molar-refractivity contribution in [1.29, 1.82) is 5.26 Å². The van der Waals surface area contributed by atoms with Crippen LogP contribution in [0.15, 0.2) is 18.2 Å². The number of hydrogen-bond acceptors (Lipinski definition) is 1. The summed E-state index contributed by atoms with van der Waals surface area (Å²) in [6.07, 6.45) is 7.50. The van der Waals surface area contributed by atoms with E-state index < -0.39 is 0 Å². The van der Waals surface area contributed by atoms with E-state index in [1.165, 1.54) is 0 Å². The Morgan fingerprint density at radius 2 is 2.29 bits per heavy atom. The van der Waals surface area contributed by atoms with Gasteiger partial charge in [-0.2, -0.15) is 5.26 Å². The third kappa shape index (κ3) is 4.97. The molecule has 0 aliphatic carbocycles. The fraction of sp³-hybridized carbons (Fsp3) is 0.167. The molecule has 0 amide bonds. The minimum Gasteiger partial charge on any atom is -0.192 e. The molecule has 0 aromatic rings. The fourth-order valence-electron chi connectivity index (χ4n) is 0.182. The Balaban J connectivity index is 3.33. The smallest absolute Gasteiger partial charge is 0.101 e. The molecule has 0 aliphatic heterocycles. The van der Waals surface area contributed by atoms with Crippen molar-refractivity contribution in [2.75, 3.05) is 0 Å². The van der Waals surface area contributed by atoms with E-state index in [4.69, 9.17) is 5.26 Å². The lowest BCUT2D eigenvalue weighted by Gasteiger charge is -1.60. The van der Waals surface area contributed by atoms with Crippen LogP contribution in [0.5, 0.6) is 0 Å². The highest BCUT2D eigenvalue weighted by Gasteiger charge is 1.56. The Hall–Kier alpha value is -1.03. The van der Waals surface area contributed by atoms with E-state index in [0.717, 1.165) is 0 Å². The van der Waals surface area contributed by atoms with Gasteiger partial charge in [-0.3, -0.25) is 0 Å². The van der Waals surface area contributed by atoms with Crippen LogP contribution in [-0.4, -0.2) is 0 Å². The average molecular weight is 92.1 g/mol. The van der Waals surface area contributed by atoms with Gasteiger partial charge in [-0.1, -0.05) is 12.2 Å². The highest BCUT2D eigenvalue weighted by atomic mass is 14.2. The molecule has 0 heterocycles. The van der Waals surface area contributed by atoms with Gasteiger partial charge in [-0.05, 0) is 13.0 Å². The molecule has 7 heavy (non-hydrogen) atoms. The second-order valence-corrected chi connectivity index (χ2v) is 0.949. The molecule has 1 heteroatoms. The van der Waals surface area contributed by atoms with Gasteiger partial charge in [0.15, 0.2) is 0 Å². The number of allylic oxidation sites excluding steroid dienone is 4. The van der Waals surface area contributed by atoms with Crippen LogP contribution in [0.1, 0.15) is 6.92 Å². The summed E-state index contributed by atoms with van der Waals surface area (Å²) in [5.74, 6) is 0. The topological polar surface area (TPSA) is 23.8 Å². The van der Waals surface area contributed by atoms with Crippen LogP contribution in [0.2, 0.25) is 0 Å². The monoisotopic (exact) mass is 92.1 g/mol. The first kappa shape index (κ1) is 5.97. The maximum atomic E-state index is 7.87. The van der Waals surface area contributed by atoms with Gasteiger partial charge in [-0.15, -0.1) is 0 Å². The molecule has 1 nitrogen and oxygen atoms in total. The Labute approximate surface area is 43.6 Å². The van der Waals surface area contributed by atoms with E-state index in [1.54, 1.807) is 18.2 Å². The first-order valence-electron chi connectivity index (χ1n) is 2.01. The summed E-state index contributed by atoms with van der Waals surface area (Å²) < 4.78 is 0. The Morgan fingerprint density at radius 1 is 1.57 bits per heavy atom. The lowest BCUT2D eigenvalue weighted by molar-refractivity contribution is 1.52. The van der Waals surface area contributed by atoms with Crippen molar-refractivity contribution in [2.24, 2.45) is 0 Å². The standard InChI is InChI=1S/C6H6N/c1-2-3-4-5-6-7/h2-4H,1H3/b3-2+,5-4?. The lowest BCUT2D eigenvalue weighted by Crippen LogP contribution is -1.45. The summed E-state index contributed by atoms with van der Waals surface area (Å²) in [5.41, 5.74) is 0. The molecule has 0 N–H and O–H groups in total. The molecule has 0 spiro atoms. The fourth-order valence-corrected chi connectivity index (χ4v) is 0.182. The van der Waals surface area contributed by atoms with Gasteiger partial charge in [0.25, 0.3) is 0 Å². The largest absolute Gasteiger partial charge is 0.192 e. The minimum atomic E-state index is 1.57. The van der Waals surface area contributed by atoms with Gasteiger partial charge < -0.3 is 0 Å². The van der Waals surface area contributed by atoms with Crippen molar-refractivity contribution in [1.82, 2.24) is 0 Å². The predicted octanol–water partition coefficient (Wildman–Crippen LogP) is 1.45. The highest BCUT2D eigenvalue weighted by molar-refractivity contribution is 5.04. The Kier molecular flexibility index (Phi) is 4.24. The third-order valence-corrected chi connectivity index (χ3v) is 0.437. The second kappa shape index (κ2) is 4.97. The normalized spacial score (nSPS) is 10.3.